The summed E-state index contributed by atoms with van der Waals surface area (Å²) in [6.07, 6.45) is -5.37. The lowest BCUT2D eigenvalue weighted by atomic mass is 9.98. The summed E-state index contributed by atoms with van der Waals surface area (Å²) in [7, 11) is 0. The average Bonchev–Trinajstić information content (AvgIpc) is 2.91. The molecule has 0 N–H and O–H groups in total. The van der Waals surface area contributed by atoms with E-state index in [1.54, 1.807) is 0 Å². The molecule has 15 heteroatoms. The zero-order valence-electron chi connectivity index (χ0n) is 24.1. The van der Waals surface area contributed by atoms with E-state index in [4.69, 9.17) is 56.8 Å². The van der Waals surface area contributed by atoms with Crippen LogP contribution in [0, 0.1) is 0 Å². The predicted molar refractivity (Wildman–Crippen MR) is 137 cm³/mol. The normalized spacial score (nSPS) is 29.2. The Labute approximate surface area is 240 Å². The number of hydrogen-bond acceptors (Lipinski definition) is 15. The number of carbonyl (C=O) groups is 3. The molecule has 0 unspecified atom stereocenters. The van der Waals surface area contributed by atoms with Crippen molar-refractivity contribution in [3.05, 3.63) is 0 Å². The van der Waals surface area contributed by atoms with Gasteiger partial charge < -0.3 is 56.8 Å². The first-order valence-electron chi connectivity index (χ1n) is 13.7. The van der Waals surface area contributed by atoms with E-state index in [0.29, 0.717) is 66.1 Å². The van der Waals surface area contributed by atoms with Crippen molar-refractivity contribution in [2.24, 2.45) is 0 Å². The monoisotopic (exact) mass is 596 g/mol. The lowest BCUT2D eigenvalue weighted by Crippen LogP contribution is -2.62. The standard InChI is InChI=1S/C26H44O15/c1-19(27)38-18-22-23-24(39-20(2)28)25(40-21(3)29)26(41-22)37-17-15-35-13-11-33-9-7-31-5-4-30-6-8-32-10-12-34-14-16-36-23/h22-26H,4-18H2,1-3H3/t22-,23-,24+,25-,26+/m1/s1. The van der Waals surface area contributed by atoms with Crippen LogP contribution in [0.3, 0.4) is 0 Å². The second-order valence-electron chi connectivity index (χ2n) is 8.87. The third-order valence-electron chi connectivity index (χ3n) is 5.55. The smallest absolute Gasteiger partial charge is 0.303 e. The van der Waals surface area contributed by atoms with Crippen molar-refractivity contribution >= 4 is 17.9 Å². The predicted octanol–water partition coefficient (Wildman–Crippen LogP) is -0.347. The van der Waals surface area contributed by atoms with Gasteiger partial charge in [-0.15, -0.1) is 0 Å². The molecule has 3 aliphatic rings. The Morgan fingerprint density at radius 2 is 0.927 bits per heavy atom. The van der Waals surface area contributed by atoms with Crippen LogP contribution in [0.5, 0.6) is 0 Å². The van der Waals surface area contributed by atoms with Gasteiger partial charge in [-0.25, -0.2) is 0 Å². The van der Waals surface area contributed by atoms with Crippen LogP contribution >= 0.6 is 0 Å². The fraction of sp³-hybridized carbons (Fsp3) is 0.885. The first-order chi connectivity index (χ1) is 19.9. The molecule has 3 fully saturated rings. The first-order valence-corrected chi connectivity index (χ1v) is 13.7. The molecule has 5 atom stereocenters. The number of esters is 3. The molecule has 3 saturated heterocycles. The summed E-state index contributed by atoms with van der Waals surface area (Å²) in [6, 6.07) is 0. The van der Waals surface area contributed by atoms with E-state index >= 15 is 0 Å². The van der Waals surface area contributed by atoms with Crippen LogP contribution in [0.25, 0.3) is 0 Å². The molecule has 0 spiro atoms. The van der Waals surface area contributed by atoms with Gasteiger partial charge in [-0.05, 0) is 0 Å². The molecular weight excluding hydrogens is 552 g/mol. The minimum Gasteiger partial charge on any atom is -0.463 e. The highest BCUT2D eigenvalue weighted by Crippen LogP contribution is 2.29. The van der Waals surface area contributed by atoms with Crippen molar-refractivity contribution in [3.8, 4) is 0 Å². The summed E-state index contributed by atoms with van der Waals surface area (Å²) >= 11 is 0. The molecule has 0 aliphatic carbocycles. The zero-order valence-corrected chi connectivity index (χ0v) is 24.1. The molecule has 0 amide bonds. The number of carbonyl (C=O) groups excluding carboxylic acids is 3. The summed E-state index contributed by atoms with van der Waals surface area (Å²) in [4.78, 5) is 35.6. The van der Waals surface area contributed by atoms with Crippen LogP contribution in [0.4, 0.5) is 0 Å². The fourth-order valence-electron chi connectivity index (χ4n) is 3.86. The highest BCUT2D eigenvalue weighted by molar-refractivity contribution is 5.67. The van der Waals surface area contributed by atoms with E-state index in [0.717, 1.165) is 0 Å². The van der Waals surface area contributed by atoms with Crippen molar-refractivity contribution in [2.45, 2.75) is 51.5 Å². The molecule has 3 rings (SSSR count). The van der Waals surface area contributed by atoms with Gasteiger partial charge in [0.2, 0.25) is 0 Å². The van der Waals surface area contributed by atoms with Crippen molar-refractivity contribution < 1.29 is 71.2 Å². The van der Waals surface area contributed by atoms with Crippen molar-refractivity contribution in [1.29, 1.82) is 0 Å². The second-order valence-corrected chi connectivity index (χ2v) is 8.87. The minimum atomic E-state index is -1.17. The van der Waals surface area contributed by atoms with Crippen LogP contribution in [-0.4, -0.2) is 148 Å². The molecule has 0 radical (unpaired) electrons. The van der Waals surface area contributed by atoms with Gasteiger partial charge >= 0.3 is 17.9 Å². The van der Waals surface area contributed by atoms with Crippen molar-refractivity contribution in [1.82, 2.24) is 0 Å². The van der Waals surface area contributed by atoms with E-state index in [2.05, 4.69) is 0 Å². The van der Waals surface area contributed by atoms with Crippen molar-refractivity contribution in [3.63, 3.8) is 0 Å². The lowest BCUT2D eigenvalue weighted by Gasteiger charge is -2.44. The Kier molecular flexibility index (Phi) is 18.7. The molecule has 0 aromatic carbocycles. The molecule has 2 bridgehead atoms. The lowest BCUT2D eigenvalue weighted by molar-refractivity contribution is -0.314. The van der Waals surface area contributed by atoms with Gasteiger partial charge in [-0.2, -0.15) is 0 Å². The maximum Gasteiger partial charge on any atom is 0.303 e. The number of rotatable bonds is 4. The molecule has 0 saturated carbocycles. The minimum absolute atomic E-state index is 0.0556. The molecule has 238 valence electrons. The third-order valence-corrected chi connectivity index (χ3v) is 5.55. The fourth-order valence-corrected chi connectivity index (χ4v) is 3.86. The van der Waals surface area contributed by atoms with Gasteiger partial charge in [-0.1, -0.05) is 0 Å². The van der Waals surface area contributed by atoms with Gasteiger partial charge in [0.25, 0.3) is 0 Å². The Morgan fingerprint density at radius 3 is 1.34 bits per heavy atom. The summed E-state index contributed by atoms with van der Waals surface area (Å²) < 4.78 is 66.9. The molecular formula is C26H44O15. The Bertz CT molecular complexity index is 736. The Morgan fingerprint density at radius 1 is 0.537 bits per heavy atom. The number of hydrogen-bond donors (Lipinski definition) is 0. The SMILES string of the molecule is CC(=O)OC[C@H]1O[C@@H]2OCCOCCOCCOCCOCCOCCOCCO[C@H]1[C@H](OC(C)=O)[C@H]2OC(C)=O. The summed E-state index contributed by atoms with van der Waals surface area (Å²) in [6.45, 7) is 7.86. The van der Waals surface area contributed by atoms with Gasteiger partial charge in [0, 0.05) is 20.8 Å². The molecule has 15 nitrogen and oxygen atoms in total. The third kappa shape index (κ3) is 15.7. The summed E-state index contributed by atoms with van der Waals surface area (Å²) in [5, 5.41) is 0. The van der Waals surface area contributed by atoms with Crippen LogP contribution in [0.1, 0.15) is 20.8 Å². The zero-order chi connectivity index (χ0) is 29.7. The first kappa shape index (κ1) is 35.2. The Hall–Kier alpha value is -1.95. The van der Waals surface area contributed by atoms with E-state index in [9.17, 15) is 14.4 Å². The van der Waals surface area contributed by atoms with Gasteiger partial charge in [0.15, 0.2) is 18.5 Å². The Balaban J connectivity index is 2.10. The molecule has 0 aromatic heterocycles. The van der Waals surface area contributed by atoms with Gasteiger partial charge in [-0.3, -0.25) is 14.4 Å². The highest BCUT2D eigenvalue weighted by Gasteiger charge is 2.51. The van der Waals surface area contributed by atoms with Crippen LogP contribution in [-0.2, 0) is 71.2 Å². The largest absolute Gasteiger partial charge is 0.463 e. The van der Waals surface area contributed by atoms with E-state index in [-0.39, 0.29) is 33.0 Å². The van der Waals surface area contributed by atoms with E-state index < -0.39 is 48.6 Å². The van der Waals surface area contributed by atoms with Crippen molar-refractivity contribution in [2.75, 3.05) is 99.1 Å². The molecule has 0 aromatic rings. The molecule has 3 heterocycles. The van der Waals surface area contributed by atoms with E-state index in [1.165, 1.54) is 20.8 Å². The average molecular weight is 597 g/mol. The molecule has 41 heavy (non-hydrogen) atoms. The summed E-state index contributed by atoms with van der Waals surface area (Å²) in [5.41, 5.74) is 0. The topological polar surface area (TPSA) is 162 Å². The number of fused-ring (bicyclic) bond motifs is 23. The maximum absolute atomic E-state index is 12.0. The highest BCUT2D eigenvalue weighted by atomic mass is 16.7. The van der Waals surface area contributed by atoms with Crippen LogP contribution < -0.4 is 0 Å². The number of ether oxygens (including phenoxy) is 12. The maximum atomic E-state index is 12.0. The molecule has 3 aliphatic heterocycles. The summed E-state index contributed by atoms with van der Waals surface area (Å²) in [5.74, 6) is -1.83. The van der Waals surface area contributed by atoms with Gasteiger partial charge in [0.05, 0.1) is 92.5 Å². The van der Waals surface area contributed by atoms with Crippen LogP contribution in [0.15, 0.2) is 0 Å². The van der Waals surface area contributed by atoms with Crippen LogP contribution in [0.2, 0.25) is 0 Å². The van der Waals surface area contributed by atoms with Gasteiger partial charge in [0.1, 0.15) is 18.8 Å². The second kappa shape index (κ2) is 21.7. The quantitative estimate of drug-likeness (QED) is 0.235. The van der Waals surface area contributed by atoms with E-state index in [1.807, 2.05) is 0 Å².